The molecule has 0 atom stereocenters. The lowest BCUT2D eigenvalue weighted by Crippen LogP contribution is -2.29. The highest BCUT2D eigenvalue weighted by Crippen LogP contribution is 2.37. The van der Waals surface area contributed by atoms with Gasteiger partial charge in [0.1, 0.15) is 11.1 Å². The fourth-order valence-electron chi connectivity index (χ4n) is 3.92. The molecule has 176 valence electrons. The minimum absolute atomic E-state index is 0. The summed E-state index contributed by atoms with van der Waals surface area (Å²) >= 11 is 1.50. The molecule has 8 heteroatoms. The summed E-state index contributed by atoms with van der Waals surface area (Å²) in [6.45, 7) is 2.54. The van der Waals surface area contributed by atoms with E-state index >= 15 is 0 Å². The van der Waals surface area contributed by atoms with Crippen LogP contribution in [0.2, 0.25) is 0 Å². The first-order chi connectivity index (χ1) is 16.1. The van der Waals surface area contributed by atoms with Crippen molar-refractivity contribution in [2.24, 2.45) is 0 Å². The van der Waals surface area contributed by atoms with Crippen LogP contribution in [0.1, 0.15) is 27.1 Å². The molecule has 0 saturated heterocycles. The van der Waals surface area contributed by atoms with Gasteiger partial charge in [-0.1, -0.05) is 36.4 Å². The topological polar surface area (TPSA) is 74.6 Å². The molecule has 0 radical (unpaired) electrons. The molecule has 0 fully saturated rings. The number of anilines is 1. The van der Waals surface area contributed by atoms with E-state index in [1.54, 1.807) is 32.4 Å². The average Bonchev–Trinajstić information content (AvgIpc) is 3.19. The number of halogens is 1. The molecule has 0 saturated carbocycles. The van der Waals surface area contributed by atoms with E-state index in [0.29, 0.717) is 22.1 Å². The van der Waals surface area contributed by atoms with Crippen molar-refractivity contribution in [3.05, 3.63) is 81.7 Å². The Morgan fingerprint density at radius 1 is 1.18 bits per heavy atom. The number of thiophene rings is 1. The average molecular weight is 496 g/mol. The lowest BCUT2D eigenvalue weighted by molar-refractivity contribution is -0.111. The molecule has 0 spiro atoms. The van der Waals surface area contributed by atoms with E-state index in [9.17, 15) is 10.1 Å². The van der Waals surface area contributed by atoms with Crippen molar-refractivity contribution in [3.8, 4) is 17.6 Å². The van der Waals surface area contributed by atoms with Crippen molar-refractivity contribution < 1.29 is 14.3 Å². The molecule has 1 aliphatic rings. The summed E-state index contributed by atoms with van der Waals surface area (Å²) in [7, 11) is 3.15. The van der Waals surface area contributed by atoms with Gasteiger partial charge in [-0.2, -0.15) is 5.26 Å². The van der Waals surface area contributed by atoms with Crippen molar-refractivity contribution in [2.75, 3.05) is 26.1 Å². The Labute approximate surface area is 209 Å². The third-order valence-electron chi connectivity index (χ3n) is 5.57. The van der Waals surface area contributed by atoms with Crippen LogP contribution in [-0.4, -0.2) is 31.6 Å². The van der Waals surface area contributed by atoms with Crippen LogP contribution in [0.5, 0.6) is 11.5 Å². The van der Waals surface area contributed by atoms with Gasteiger partial charge in [-0.15, -0.1) is 23.7 Å². The van der Waals surface area contributed by atoms with Crippen molar-refractivity contribution in [1.29, 1.82) is 5.26 Å². The van der Waals surface area contributed by atoms with Crippen LogP contribution in [0, 0.1) is 11.3 Å². The van der Waals surface area contributed by atoms with E-state index < -0.39 is 0 Å². The van der Waals surface area contributed by atoms with Gasteiger partial charge in [0.05, 0.1) is 19.8 Å². The van der Waals surface area contributed by atoms with Crippen LogP contribution in [0.4, 0.5) is 5.00 Å². The zero-order valence-electron chi connectivity index (χ0n) is 19.0. The minimum atomic E-state index is -0.277. The molecule has 0 unspecified atom stereocenters. The number of carbonyl (C=O) groups is 1. The van der Waals surface area contributed by atoms with E-state index in [4.69, 9.17) is 9.47 Å². The lowest BCUT2D eigenvalue weighted by Gasteiger charge is -2.26. The predicted octanol–water partition coefficient (Wildman–Crippen LogP) is 5.27. The Bertz CT molecular complexity index is 1220. The molecule has 0 aliphatic carbocycles. The Morgan fingerprint density at radius 3 is 2.65 bits per heavy atom. The third kappa shape index (κ3) is 5.78. The molecule has 4 rings (SSSR count). The Balaban J connectivity index is 0.00000324. The second-order valence-electron chi connectivity index (χ2n) is 7.70. The second kappa shape index (κ2) is 11.7. The van der Waals surface area contributed by atoms with Crippen molar-refractivity contribution >= 4 is 40.7 Å². The maximum atomic E-state index is 12.6. The van der Waals surface area contributed by atoms with E-state index in [1.807, 2.05) is 24.3 Å². The lowest BCUT2D eigenvalue weighted by atomic mass is 10.0. The number of carbonyl (C=O) groups excluding carboxylic acids is 1. The van der Waals surface area contributed by atoms with Gasteiger partial charge in [0.15, 0.2) is 11.5 Å². The highest BCUT2D eigenvalue weighted by Gasteiger charge is 2.25. The number of methoxy groups -OCH3 is 2. The number of nitrogens with one attached hydrogen (secondary N) is 1. The summed E-state index contributed by atoms with van der Waals surface area (Å²) in [6, 6.07) is 18.1. The first-order valence-corrected chi connectivity index (χ1v) is 11.4. The van der Waals surface area contributed by atoms with E-state index in [0.717, 1.165) is 42.1 Å². The summed E-state index contributed by atoms with van der Waals surface area (Å²) < 4.78 is 10.5. The Kier molecular flexibility index (Phi) is 8.72. The number of benzene rings is 2. The SMILES string of the molecule is COc1ccc(/C=C/C(=O)Nc2sc3c(c2C#N)CCN(Cc2ccccc2)C3)cc1OC.Cl. The molecule has 1 amide bonds. The van der Waals surface area contributed by atoms with Crippen LogP contribution in [0.25, 0.3) is 6.08 Å². The maximum absolute atomic E-state index is 12.6. The number of hydrogen-bond acceptors (Lipinski definition) is 6. The molecular weight excluding hydrogens is 470 g/mol. The molecule has 6 nitrogen and oxygen atoms in total. The molecule has 1 aromatic heterocycles. The third-order valence-corrected chi connectivity index (χ3v) is 6.70. The fourth-order valence-corrected chi connectivity index (χ4v) is 5.16. The van der Waals surface area contributed by atoms with Gasteiger partial charge in [-0.25, -0.2) is 0 Å². The molecule has 1 aliphatic heterocycles. The molecule has 2 heterocycles. The summed E-state index contributed by atoms with van der Waals surface area (Å²) in [4.78, 5) is 16.1. The van der Waals surface area contributed by atoms with Crippen molar-refractivity contribution in [1.82, 2.24) is 4.90 Å². The molecule has 0 bridgehead atoms. The van der Waals surface area contributed by atoms with Crippen LogP contribution in [-0.2, 0) is 24.3 Å². The number of hydrogen-bond donors (Lipinski definition) is 1. The second-order valence-corrected chi connectivity index (χ2v) is 8.81. The number of ether oxygens (including phenoxy) is 2. The smallest absolute Gasteiger partial charge is 0.249 e. The quantitative estimate of drug-likeness (QED) is 0.452. The Hall–Kier alpha value is -3.31. The normalized spacial score (nSPS) is 13.0. The number of nitriles is 1. The van der Waals surface area contributed by atoms with E-state index in [-0.39, 0.29) is 18.3 Å². The standard InChI is InChI=1S/C26H25N3O3S.ClH/c1-31-22-10-8-18(14-23(22)32-2)9-11-25(30)28-26-21(15-27)20-12-13-29(17-24(20)33-26)16-19-6-4-3-5-7-19;/h3-11,14H,12-13,16-17H2,1-2H3,(H,28,30);1H/b11-9+;. The fraction of sp³-hybridized carbons (Fsp3) is 0.231. The molecule has 2 aromatic carbocycles. The monoisotopic (exact) mass is 495 g/mol. The van der Waals surface area contributed by atoms with Gasteiger partial charge in [0.2, 0.25) is 5.91 Å². The van der Waals surface area contributed by atoms with Crippen LogP contribution in [0.3, 0.4) is 0 Å². The molecular formula is C26H26ClN3O3S. The van der Waals surface area contributed by atoms with Crippen LogP contribution >= 0.6 is 23.7 Å². The zero-order valence-corrected chi connectivity index (χ0v) is 20.7. The number of fused-ring (bicyclic) bond motifs is 1. The van der Waals surface area contributed by atoms with Crippen LogP contribution in [0.15, 0.2) is 54.6 Å². The number of amides is 1. The first kappa shape index (κ1) is 25.3. The zero-order chi connectivity index (χ0) is 23.2. The molecule has 1 N–H and O–H groups in total. The highest BCUT2D eigenvalue weighted by molar-refractivity contribution is 7.16. The summed E-state index contributed by atoms with van der Waals surface area (Å²) in [5.41, 5.74) is 3.73. The number of nitrogens with zero attached hydrogens (tertiary/aromatic N) is 2. The Morgan fingerprint density at radius 2 is 1.94 bits per heavy atom. The predicted molar refractivity (Wildman–Crippen MR) is 138 cm³/mol. The van der Waals surface area contributed by atoms with E-state index in [2.05, 4.69) is 28.4 Å². The van der Waals surface area contributed by atoms with Gasteiger partial charge < -0.3 is 14.8 Å². The largest absolute Gasteiger partial charge is 0.493 e. The van der Waals surface area contributed by atoms with Gasteiger partial charge in [0.25, 0.3) is 0 Å². The van der Waals surface area contributed by atoms with Gasteiger partial charge >= 0.3 is 0 Å². The van der Waals surface area contributed by atoms with E-state index in [1.165, 1.54) is 23.0 Å². The summed E-state index contributed by atoms with van der Waals surface area (Å²) in [5, 5.41) is 13.3. The summed E-state index contributed by atoms with van der Waals surface area (Å²) in [6.07, 6.45) is 3.97. The van der Waals surface area contributed by atoms with Crippen LogP contribution < -0.4 is 14.8 Å². The highest BCUT2D eigenvalue weighted by atomic mass is 35.5. The number of rotatable bonds is 7. The molecule has 3 aromatic rings. The van der Waals surface area contributed by atoms with Gasteiger partial charge in [-0.05, 0) is 41.3 Å². The maximum Gasteiger partial charge on any atom is 0.249 e. The van der Waals surface area contributed by atoms with Crippen molar-refractivity contribution in [3.63, 3.8) is 0 Å². The first-order valence-electron chi connectivity index (χ1n) is 10.6. The van der Waals surface area contributed by atoms with Gasteiger partial charge in [-0.3, -0.25) is 9.69 Å². The minimum Gasteiger partial charge on any atom is -0.493 e. The van der Waals surface area contributed by atoms with Gasteiger partial charge in [0, 0.05) is 30.6 Å². The summed E-state index contributed by atoms with van der Waals surface area (Å²) in [5.74, 6) is 0.946. The molecule has 34 heavy (non-hydrogen) atoms. The van der Waals surface area contributed by atoms with Crippen molar-refractivity contribution in [2.45, 2.75) is 19.5 Å².